The van der Waals surface area contributed by atoms with Crippen LogP contribution in [0.2, 0.25) is 0 Å². The first-order valence-electron chi connectivity index (χ1n) is 9.62. The molecule has 0 spiro atoms. The number of imide groups is 2. The number of carbonyl (C=O) groups excluding carboxylic acids is 4. The number of rotatable bonds is 3. The van der Waals surface area contributed by atoms with Crippen LogP contribution in [0, 0.1) is 0 Å². The highest BCUT2D eigenvalue weighted by atomic mass is 16.2. The van der Waals surface area contributed by atoms with Crippen LogP contribution in [0.25, 0.3) is 0 Å². The van der Waals surface area contributed by atoms with Gasteiger partial charge in [0.1, 0.15) is 17.7 Å². The van der Waals surface area contributed by atoms with Crippen LogP contribution >= 0.6 is 0 Å². The molecule has 2 N–H and O–H groups in total. The molecule has 0 aliphatic carbocycles. The van der Waals surface area contributed by atoms with Gasteiger partial charge in [0, 0.05) is 18.0 Å². The minimum absolute atomic E-state index is 0.0748. The van der Waals surface area contributed by atoms with Gasteiger partial charge in [-0.3, -0.25) is 29.4 Å². The molecule has 3 heterocycles. The van der Waals surface area contributed by atoms with Crippen LogP contribution in [-0.4, -0.2) is 44.5 Å². The van der Waals surface area contributed by atoms with E-state index in [1.807, 2.05) is 20.8 Å². The van der Waals surface area contributed by atoms with E-state index in [4.69, 9.17) is 0 Å². The summed E-state index contributed by atoms with van der Waals surface area (Å²) < 4.78 is 0. The number of anilines is 2. The maximum Gasteiger partial charge on any atom is 0.264 e. The Labute approximate surface area is 172 Å². The number of nitrogens with zero attached hydrogens (tertiary/aromatic N) is 3. The summed E-state index contributed by atoms with van der Waals surface area (Å²) in [6, 6.07) is 5.55. The smallest absolute Gasteiger partial charge is 0.264 e. The summed E-state index contributed by atoms with van der Waals surface area (Å²) in [5.74, 6) is -1.05. The summed E-state index contributed by atoms with van der Waals surface area (Å²) in [6.45, 7) is 5.98. The Morgan fingerprint density at radius 3 is 2.57 bits per heavy atom. The maximum absolute atomic E-state index is 13.1. The minimum atomic E-state index is -1.01. The third-order valence-corrected chi connectivity index (χ3v) is 5.06. The number of hydrogen-bond acceptors (Lipinski definition) is 7. The summed E-state index contributed by atoms with van der Waals surface area (Å²) in [5, 5.41) is 5.30. The average molecular weight is 407 g/mol. The van der Waals surface area contributed by atoms with E-state index in [1.165, 1.54) is 0 Å². The third-order valence-electron chi connectivity index (χ3n) is 5.06. The Morgan fingerprint density at radius 2 is 1.87 bits per heavy atom. The predicted molar refractivity (Wildman–Crippen MR) is 107 cm³/mol. The van der Waals surface area contributed by atoms with E-state index in [9.17, 15) is 19.2 Å². The van der Waals surface area contributed by atoms with Crippen molar-refractivity contribution in [3.05, 3.63) is 47.4 Å². The molecule has 2 aliphatic rings. The van der Waals surface area contributed by atoms with E-state index >= 15 is 0 Å². The van der Waals surface area contributed by atoms with Crippen LogP contribution in [0.5, 0.6) is 0 Å². The largest absolute Gasteiger partial charge is 0.339 e. The van der Waals surface area contributed by atoms with Crippen molar-refractivity contribution in [2.75, 3.05) is 5.32 Å². The maximum atomic E-state index is 13.1. The molecule has 1 aromatic carbocycles. The predicted octanol–water partition coefficient (Wildman–Crippen LogP) is 1.92. The lowest BCUT2D eigenvalue weighted by molar-refractivity contribution is -0.136. The summed E-state index contributed by atoms with van der Waals surface area (Å²) in [6.07, 6.45) is 1.81. The Morgan fingerprint density at radius 1 is 1.10 bits per heavy atom. The Hall–Kier alpha value is -3.62. The van der Waals surface area contributed by atoms with Gasteiger partial charge in [-0.15, -0.1) is 0 Å². The molecule has 0 radical (unpaired) electrons. The lowest BCUT2D eigenvalue weighted by atomic mass is 9.96. The molecule has 0 saturated carbocycles. The van der Waals surface area contributed by atoms with E-state index in [1.54, 1.807) is 30.5 Å². The van der Waals surface area contributed by atoms with Crippen molar-refractivity contribution >= 4 is 35.1 Å². The first-order chi connectivity index (χ1) is 14.2. The van der Waals surface area contributed by atoms with Gasteiger partial charge in [-0.25, -0.2) is 9.97 Å². The average Bonchev–Trinajstić information content (AvgIpc) is 2.93. The second kappa shape index (κ2) is 7.01. The molecule has 1 atom stereocenters. The number of piperidine rings is 1. The summed E-state index contributed by atoms with van der Waals surface area (Å²) in [4.78, 5) is 59.4. The van der Waals surface area contributed by atoms with E-state index in [0.29, 0.717) is 17.3 Å². The molecule has 0 bridgehead atoms. The quantitative estimate of drug-likeness (QED) is 0.746. The standard InChI is InChI=1S/C21H21N5O4/c1-21(2,3)20-22-10-9-14(24-20)23-12-6-4-5-11-16(12)19(30)26(18(11)29)13-7-8-15(27)25-17(13)28/h4-6,9-10,13H,7-8H2,1-3H3,(H,22,23,24)(H,25,27,28). The van der Waals surface area contributed by atoms with Gasteiger partial charge >= 0.3 is 0 Å². The monoisotopic (exact) mass is 407 g/mol. The van der Waals surface area contributed by atoms with Crippen molar-refractivity contribution < 1.29 is 19.2 Å². The van der Waals surface area contributed by atoms with Crippen molar-refractivity contribution in [1.29, 1.82) is 0 Å². The highest BCUT2D eigenvalue weighted by Gasteiger charge is 2.45. The minimum Gasteiger partial charge on any atom is -0.339 e. The number of hydrogen-bond donors (Lipinski definition) is 2. The van der Waals surface area contributed by atoms with Crippen LogP contribution in [0.3, 0.4) is 0 Å². The molecular formula is C21H21N5O4. The molecule has 1 fully saturated rings. The van der Waals surface area contributed by atoms with E-state index in [-0.39, 0.29) is 29.4 Å². The zero-order chi connectivity index (χ0) is 21.6. The number of aromatic nitrogens is 2. The van der Waals surface area contributed by atoms with Gasteiger partial charge in [0.2, 0.25) is 11.8 Å². The first-order valence-corrected chi connectivity index (χ1v) is 9.62. The van der Waals surface area contributed by atoms with Crippen LogP contribution < -0.4 is 10.6 Å². The van der Waals surface area contributed by atoms with Gasteiger partial charge in [-0.1, -0.05) is 26.8 Å². The van der Waals surface area contributed by atoms with Gasteiger partial charge in [-0.05, 0) is 24.6 Å². The van der Waals surface area contributed by atoms with Gasteiger partial charge in [0.05, 0.1) is 16.8 Å². The lowest BCUT2D eigenvalue weighted by Gasteiger charge is -2.27. The molecular weight excluding hydrogens is 386 g/mol. The normalized spacial score (nSPS) is 19.0. The summed E-state index contributed by atoms with van der Waals surface area (Å²) in [5.41, 5.74) is 0.548. The SMILES string of the molecule is CC(C)(C)c1nccc(Nc2cccc3c2C(=O)N(C2CCC(=O)NC2=O)C3=O)n1. The highest BCUT2D eigenvalue weighted by molar-refractivity contribution is 6.25. The number of amides is 4. The number of fused-ring (bicyclic) bond motifs is 1. The Kier molecular flexibility index (Phi) is 4.60. The zero-order valence-corrected chi connectivity index (χ0v) is 16.9. The molecule has 2 aliphatic heterocycles. The highest BCUT2D eigenvalue weighted by Crippen LogP contribution is 2.33. The molecule has 1 unspecified atom stereocenters. The molecule has 1 aromatic heterocycles. The fourth-order valence-corrected chi connectivity index (χ4v) is 3.55. The van der Waals surface area contributed by atoms with Crippen LogP contribution in [0.1, 0.15) is 60.2 Å². The Bertz CT molecular complexity index is 1090. The fourth-order valence-electron chi connectivity index (χ4n) is 3.55. The molecule has 1 saturated heterocycles. The van der Waals surface area contributed by atoms with Crippen molar-refractivity contribution in [2.45, 2.75) is 45.1 Å². The van der Waals surface area contributed by atoms with Crippen molar-refractivity contribution in [3.8, 4) is 0 Å². The Balaban J connectivity index is 1.67. The lowest BCUT2D eigenvalue weighted by Crippen LogP contribution is -2.54. The van der Waals surface area contributed by atoms with Crippen molar-refractivity contribution in [1.82, 2.24) is 20.2 Å². The second-order valence-corrected chi connectivity index (χ2v) is 8.32. The molecule has 9 heteroatoms. The van der Waals surface area contributed by atoms with Crippen molar-refractivity contribution in [2.24, 2.45) is 0 Å². The molecule has 2 aromatic rings. The molecule has 154 valence electrons. The number of benzene rings is 1. The zero-order valence-electron chi connectivity index (χ0n) is 16.9. The van der Waals surface area contributed by atoms with E-state index in [2.05, 4.69) is 20.6 Å². The van der Waals surface area contributed by atoms with E-state index in [0.717, 1.165) is 4.90 Å². The van der Waals surface area contributed by atoms with Gasteiger partial charge < -0.3 is 5.32 Å². The third kappa shape index (κ3) is 3.32. The van der Waals surface area contributed by atoms with Crippen LogP contribution in [-0.2, 0) is 15.0 Å². The summed E-state index contributed by atoms with van der Waals surface area (Å²) in [7, 11) is 0. The van der Waals surface area contributed by atoms with Crippen LogP contribution in [0.4, 0.5) is 11.5 Å². The first kappa shape index (κ1) is 19.7. The topological polar surface area (TPSA) is 121 Å². The molecule has 9 nitrogen and oxygen atoms in total. The van der Waals surface area contributed by atoms with Gasteiger partial charge in [-0.2, -0.15) is 0 Å². The fraction of sp³-hybridized carbons (Fsp3) is 0.333. The molecule has 4 amide bonds. The van der Waals surface area contributed by atoms with Crippen molar-refractivity contribution in [3.63, 3.8) is 0 Å². The molecule has 4 rings (SSSR count). The second-order valence-electron chi connectivity index (χ2n) is 8.32. The van der Waals surface area contributed by atoms with Gasteiger partial charge in [0.25, 0.3) is 11.8 Å². The van der Waals surface area contributed by atoms with Gasteiger partial charge in [0.15, 0.2) is 0 Å². The number of nitrogens with one attached hydrogen (secondary N) is 2. The number of carbonyl (C=O) groups is 4. The summed E-state index contributed by atoms with van der Waals surface area (Å²) >= 11 is 0. The molecule has 30 heavy (non-hydrogen) atoms. The van der Waals surface area contributed by atoms with E-state index < -0.39 is 29.7 Å². The van der Waals surface area contributed by atoms with Crippen LogP contribution in [0.15, 0.2) is 30.5 Å².